The van der Waals surface area contributed by atoms with Gasteiger partial charge >= 0.3 is 0 Å². The molecule has 2 aromatic rings. The predicted octanol–water partition coefficient (Wildman–Crippen LogP) is 3.95. The summed E-state index contributed by atoms with van der Waals surface area (Å²) in [4.78, 5) is 23.3. The highest BCUT2D eigenvalue weighted by Gasteiger charge is 2.06. The van der Waals surface area contributed by atoms with Crippen LogP contribution in [0.3, 0.4) is 0 Å². The second kappa shape index (κ2) is 7.61. The van der Waals surface area contributed by atoms with Gasteiger partial charge in [-0.1, -0.05) is 24.6 Å². The molecule has 0 aliphatic rings. The summed E-state index contributed by atoms with van der Waals surface area (Å²) in [5.74, 6) is 0.329. The SMILES string of the molecule is CCC(=O)c1ccc(OCC(=O)Nc2cccc(Cl)c2)cc1. The number of anilines is 1. The molecule has 0 saturated heterocycles. The predicted molar refractivity (Wildman–Crippen MR) is 86.6 cm³/mol. The Hall–Kier alpha value is -2.33. The summed E-state index contributed by atoms with van der Waals surface area (Å²) in [5.41, 5.74) is 1.25. The molecule has 0 heterocycles. The lowest BCUT2D eigenvalue weighted by Crippen LogP contribution is -2.20. The lowest BCUT2D eigenvalue weighted by atomic mass is 10.1. The highest BCUT2D eigenvalue weighted by molar-refractivity contribution is 6.30. The maximum atomic E-state index is 11.8. The van der Waals surface area contributed by atoms with E-state index in [1.165, 1.54) is 0 Å². The monoisotopic (exact) mass is 317 g/mol. The smallest absolute Gasteiger partial charge is 0.262 e. The molecule has 0 radical (unpaired) electrons. The third-order valence-electron chi connectivity index (χ3n) is 2.98. The van der Waals surface area contributed by atoms with Crippen LogP contribution in [0.25, 0.3) is 0 Å². The molecule has 0 atom stereocenters. The van der Waals surface area contributed by atoms with Crippen LogP contribution in [-0.4, -0.2) is 18.3 Å². The molecule has 0 saturated carbocycles. The number of carbonyl (C=O) groups excluding carboxylic acids is 2. The lowest BCUT2D eigenvalue weighted by molar-refractivity contribution is -0.118. The third kappa shape index (κ3) is 4.60. The van der Waals surface area contributed by atoms with Crippen molar-refractivity contribution >= 4 is 29.0 Å². The minimum atomic E-state index is -0.282. The van der Waals surface area contributed by atoms with E-state index in [0.717, 1.165) is 0 Å². The first-order valence-corrected chi connectivity index (χ1v) is 7.27. The van der Waals surface area contributed by atoms with Gasteiger partial charge in [-0.3, -0.25) is 9.59 Å². The first-order valence-electron chi connectivity index (χ1n) is 6.90. The average Bonchev–Trinajstić information content (AvgIpc) is 2.52. The summed E-state index contributed by atoms with van der Waals surface area (Å²) in [6.07, 6.45) is 0.461. The molecular formula is C17H16ClNO3. The van der Waals surface area contributed by atoms with Crippen LogP contribution >= 0.6 is 11.6 Å². The Labute approximate surface area is 134 Å². The number of rotatable bonds is 6. The van der Waals surface area contributed by atoms with E-state index < -0.39 is 0 Å². The van der Waals surface area contributed by atoms with E-state index in [1.807, 2.05) is 6.92 Å². The van der Waals surface area contributed by atoms with Crippen LogP contribution in [0, 0.1) is 0 Å². The van der Waals surface area contributed by atoms with Crippen molar-refractivity contribution in [1.82, 2.24) is 0 Å². The van der Waals surface area contributed by atoms with E-state index in [4.69, 9.17) is 16.3 Å². The van der Waals surface area contributed by atoms with Crippen molar-refractivity contribution in [2.75, 3.05) is 11.9 Å². The van der Waals surface area contributed by atoms with Crippen LogP contribution in [-0.2, 0) is 4.79 Å². The molecule has 114 valence electrons. The highest BCUT2D eigenvalue weighted by atomic mass is 35.5. The molecule has 1 N–H and O–H groups in total. The van der Waals surface area contributed by atoms with Gasteiger partial charge in [0.2, 0.25) is 0 Å². The highest BCUT2D eigenvalue weighted by Crippen LogP contribution is 2.16. The van der Waals surface area contributed by atoms with Gasteiger partial charge in [0.25, 0.3) is 5.91 Å². The fourth-order valence-corrected chi connectivity index (χ4v) is 2.04. The summed E-state index contributed by atoms with van der Waals surface area (Å²) in [7, 11) is 0. The van der Waals surface area contributed by atoms with Gasteiger partial charge in [-0.05, 0) is 42.5 Å². The fraction of sp³-hybridized carbons (Fsp3) is 0.176. The van der Waals surface area contributed by atoms with Gasteiger partial charge in [0.05, 0.1) is 0 Å². The number of halogens is 1. The van der Waals surface area contributed by atoms with E-state index in [1.54, 1.807) is 48.5 Å². The number of benzene rings is 2. The molecule has 0 aliphatic carbocycles. The summed E-state index contributed by atoms with van der Waals surface area (Å²) in [6.45, 7) is 1.69. The summed E-state index contributed by atoms with van der Waals surface area (Å²) < 4.78 is 5.38. The zero-order chi connectivity index (χ0) is 15.9. The molecule has 0 aromatic heterocycles. The summed E-state index contributed by atoms with van der Waals surface area (Å²) in [6, 6.07) is 13.6. The van der Waals surface area contributed by atoms with Gasteiger partial charge in [0.15, 0.2) is 12.4 Å². The van der Waals surface area contributed by atoms with Gasteiger partial charge in [-0.2, -0.15) is 0 Å². The Morgan fingerprint density at radius 2 is 1.86 bits per heavy atom. The minimum absolute atomic E-state index is 0.0743. The van der Waals surface area contributed by atoms with Crippen molar-refractivity contribution in [3.8, 4) is 5.75 Å². The number of nitrogens with one attached hydrogen (secondary N) is 1. The molecule has 2 rings (SSSR count). The molecule has 0 spiro atoms. The minimum Gasteiger partial charge on any atom is -0.484 e. The molecule has 0 bridgehead atoms. The molecule has 0 unspecified atom stereocenters. The van der Waals surface area contributed by atoms with Crippen LogP contribution in [0.1, 0.15) is 23.7 Å². The fourth-order valence-electron chi connectivity index (χ4n) is 1.85. The van der Waals surface area contributed by atoms with Crippen molar-refractivity contribution in [3.63, 3.8) is 0 Å². The van der Waals surface area contributed by atoms with Crippen molar-refractivity contribution in [2.45, 2.75) is 13.3 Å². The molecular weight excluding hydrogens is 302 g/mol. The molecule has 2 aromatic carbocycles. The summed E-state index contributed by atoms with van der Waals surface area (Å²) >= 11 is 5.84. The van der Waals surface area contributed by atoms with Crippen LogP contribution in [0.15, 0.2) is 48.5 Å². The Morgan fingerprint density at radius 3 is 2.50 bits per heavy atom. The lowest BCUT2D eigenvalue weighted by Gasteiger charge is -2.08. The van der Waals surface area contributed by atoms with Crippen molar-refractivity contribution in [1.29, 1.82) is 0 Å². The summed E-state index contributed by atoms with van der Waals surface area (Å²) in [5, 5.41) is 3.24. The largest absolute Gasteiger partial charge is 0.484 e. The van der Waals surface area contributed by atoms with E-state index in [9.17, 15) is 9.59 Å². The van der Waals surface area contributed by atoms with Crippen LogP contribution < -0.4 is 10.1 Å². The first-order chi connectivity index (χ1) is 10.6. The zero-order valence-electron chi connectivity index (χ0n) is 12.1. The molecule has 1 amide bonds. The van der Waals surface area contributed by atoms with Crippen molar-refractivity contribution in [2.24, 2.45) is 0 Å². The molecule has 0 aliphatic heterocycles. The number of ether oxygens (including phenoxy) is 1. The Bertz CT molecular complexity index is 668. The third-order valence-corrected chi connectivity index (χ3v) is 3.21. The first kappa shape index (κ1) is 16.0. The normalized spacial score (nSPS) is 10.1. The number of Topliss-reactive ketones (excluding diaryl/α,β-unsaturated/α-hetero) is 1. The van der Waals surface area contributed by atoms with E-state index in [2.05, 4.69) is 5.32 Å². The molecule has 5 heteroatoms. The van der Waals surface area contributed by atoms with Gasteiger partial charge in [0, 0.05) is 22.7 Å². The topological polar surface area (TPSA) is 55.4 Å². The molecule has 0 fully saturated rings. The Kier molecular flexibility index (Phi) is 5.55. The maximum absolute atomic E-state index is 11.8. The van der Waals surface area contributed by atoms with Gasteiger partial charge < -0.3 is 10.1 Å². The number of amides is 1. The second-order valence-corrected chi connectivity index (χ2v) is 5.08. The van der Waals surface area contributed by atoms with Crippen LogP contribution in [0.5, 0.6) is 5.75 Å². The van der Waals surface area contributed by atoms with Crippen molar-refractivity contribution < 1.29 is 14.3 Å². The van der Waals surface area contributed by atoms with E-state index >= 15 is 0 Å². The quantitative estimate of drug-likeness (QED) is 0.821. The van der Waals surface area contributed by atoms with Crippen LogP contribution in [0.2, 0.25) is 5.02 Å². The van der Waals surface area contributed by atoms with Gasteiger partial charge in [0.1, 0.15) is 5.75 Å². The number of ketones is 1. The Morgan fingerprint density at radius 1 is 1.14 bits per heavy atom. The number of carbonyl (C=O) groups is 2. The van der Waals surface area contributed by atoms with E-state index in [-0.39, 0.29) is 18.3 Å². The van der Waals surface area contributed by atoms with Gasteiger partial charge in [-0.15, -0.1) is 0 Å². The number of hydrogen-bond donors (Lipinski definition) is 1. The Balaban J connectivity index is 1.87. The van der Waals surface area contributed by atoms with E-state index in [0.29, 0.717) is 28.4 Å². The zero-order valence-corrected chi connectivity index (χ0v) is 12.9. The maximum Gasteiger partial charge on any atom is 0.262 e. The van der Waals surface area contributed by atoms with Crippen LogP contribution in [0.4, 0.5) is 5.69 Å². The van der Waals surface area contributed by atoms with Crippen molar-refractivity contribution in [3.05, 3.63) is 59.1 Å². The van der Waals surface area contributed by atoms with Gasteiger partial charge in [-0.25, -0.2) is 0 Å². The average molecular weight is 318 g/mol. The standard InChI is InChI=1S/C17H16ClNO3/c1-2-16(20)12-6-8-15(9-7-12)22-11-17(21)19-14-5-3-4-13(18)10-14/h3-10H,2,11H2,1H3,(H,19,21). The molecule has 4 nitrogen and oxygen atoms in total. The second-order valence-electron chi connectivity index (χ2n) is 4.65. The number of hydrogen-bond acceptors (Lipinski definition) is 3. The molecule has 22 heavy (non-hydrogen) atoms.